The molecule has 0 aliphatic carbocycles. The van der Waals surface area contributed by atoms with E-state index in [-0.39, 0.29) is 17.6 Å². The zero-order valence-corrected chi connectivity index (χ0v) is 17.0. The number of carbonyl (C=O) groups excluding carboxylic acids is 1. The van der Waals surface area contributed by atoms with E-state index in [2.05, 4.69) is 4.90 Å². The number of halogens is 1. The second-order valence-electron chi connectivity index (χ2n) is 7.65. The molecule has 0 spiro atoms. The lowest BCUT2D eigenvalue weighted by atomic mass is 9.95. The highest BCUT2D eigenvalue weighted by Crippen LogP contribution is 2.38. The van der Waals surface area contributed by atoms with E-state index >= 15 is 0 Å². The maximum atomic E-state index is 14.2. The van der Waals surface area contributed by atoms with Gasteiger partial charge in [0.05, 0.1) is 6.61 Å². The third-order valence-electron chi connectivity index (χ3n) is 5.41. The highest BCUT2D eigenvalue weighted by molar-refractivity contribution is 7.07. The summed E-state index contributed by atoms with van der Waals surface area (Å²) >= 11 is 1.59. The Balaban J connectivity index is 1.47. The van der Waals surface area contributed by atoms with Gasteiger partial charge in [-0.15, -0.1) is 0 Å². The lowest BCUT2D eigenvalue weighted by molar-refractivity contribution is -0.134. The first-order valence-corrected chi connectivity index (χ1v) is 10.5. The number of likely N-dealkylation sites (tertiary alicyclic amines) is 1. The van der Waals surface area contributed by atoms with Crippen LogP contribution in [-0.2, 0) is 22.7 Å². The van der Waals surface area contributed by atoms with Crippen LogP contribution in [0, 0.1) is 11.7 Å². The number of carbonyl (C=O) groups is 1. The molecule has 2 aliphatic heterocycles. The van der Waals surface area contributed by atoms with Gasteiger partial charge in [0.25, 0.3) is 0 Å². The molecular formula is C21H25FN2O3S. The Bertz CT molecular complexity index is 832. The van der Waals surface area contributed by atoms with E-state index < -0.39 is 6.29 Å². The molecule has 3 heterocycles. The van der Waals surface area contributed by atoms with Gasteiger partial charge in [-0.25, -0.2) is 4.39 Å². The van der Waals surface area contributed by atoms with Gasteiger partial charge in [0.2, 0.25) is 12.2 Å². The maximum Gasteiger partial charge on any atom is 0.227 e. The number of piperidine rings is 1. The molecule has 0 N–H and O–H groups in total. The molecule has 2 aliphatic rings. The normalized spacial score (nSPS) is 20.5. The van der Waals surface area contributed by atoms with Crippen molar-refractivity contribution in [1.29, 1.82) is 0 Å². The van der Waals surface area contributed by atoms with Crippen LogP contribution in [0.4, 0.5) is 4.39 Å². The van der Waals surface area contributed by atoms with Crippen molar-refractivity contribution in [2.75, 3.05) is 27.2 Å². The van der Waals surface area contributed by atoms with Crippen LogP contribution < -0.4 is 4.74 Å². The number of benzene rings is 1. The summed E-state index contributed by atoms with van der Waals surface area (Å²) in [5.74, 6) is 0.741. The topological polar surface area (TPSA) is 42.0 Å². The van der Waals surface area contributed by atoms with Crippen molar-refractivity contribution in [3.63, 3.8) is 0 Å². The summed E-state index contributed by atoms with van der Waals surface area (Å²) in [5, 5.41) is 3.99. The molecule has 7 heteroatoms. The number of amides is 1. The standard InChI is InChI=1S/C21H25FN2O3S/c1-23(2)20(25)14-3-6-24(7-4-14)11-16-9-18(22)10-17-12-26-21(27-19(16)17)15-5-8-28-13-15/h5,8-10,13-14,21H,3-4,6-7,11-12H2,1-2H3. The quantitative estimate of drug-likeness (QED) is 0.778. The van der Waals surface area contributed by atoms with Gasteiger partial charge in [-0.05, 0) is 49.5 Å². The van der Waals surface area contributed by atoms with Gasteiger partial charge in [0.1, 0.15) is 11.6 Å². The zero-order chi connectivity index (χ0) is 19.7. The molecule has 1 atom stereocenters. The fraction of sp³-hybridized carbons (Fsp3) is 0.476. The first-order valence-electron chi connectivity index (χ1n) is 9.56. The summed E-state index contributed by atoms with van der Waals surface area (Å²) < 4.78 is 26.1. The minimum Gasteiger partial charge on any atom is -0.460 e. The van der Waals surface area contributed by atoms with Crippen molar-refractivity contribution in [3.05, 3.63) is 51.5 Å². The number of nitrogens with zero attached hydrogens (tertiary/aromatic N) is 2. The van der Waals surface area contributed by atoms with Gasteiger partial charge < -0.3 is 14.4 Å². The number of rotatable bonds is 4. The van der Waals surface area contributed by atoms with Gasteiger partial charge in [0.15, 0.2) is 0 Å². The molecular weight excluding hydrogens is 379 g/mol. The van der Waals surface area contributed by atoms with Gasteiger partial charge in [-0.3, -0.25) is 9.69 Å². The first-order chi connectivity index (χ1) is 13.5. The molecule has 1 amide bonds. The SMILES string of the molecule is CN(C)C(=O)C1CCN(Cc2cc(F)cc3c2OC(c2ccsc2)OC3)CC1. The monoisotopic (exact) mass is 404 g/mol. The lowest BCUT2D eigenvalue weighted by Gasteiger charge is -2.34. The number of thiophene rings is 1. The second-order valence-corrected chi connectivity index (χ2v) is 8.43. The average molecular weight is 405 g/mol. The van der Waals surface area contributed by atoms with Crippen molar-refractivity contribution >= 4 is 17.2 Å². The van der Waals surface area contributed by atoms with Gasteiger partial charge in [0, 0.05) is 48.6 Å². The summed E-state index contributed by atoms with van der Waals surface area (Å²) in [5.41, 5.74) is 2.57. The van der Waals surface area contributed by atoms with E-state index in [9.17, 15) is 9.18 Å². The molecule has 1 unspecified atom stereocenters. The molecule has 150 valence electrons. The zero-order valence-electron chi connectivity index (χ0n) is 16.2. The van der Waals surface area contributed by atoms with Crippen molar-refractivity contribution in [3.8, 4) is 5.75 Å². The number of hydrogen-bond acceptors (Lipinski definition) is 5. The van der Waals surface area contributed by atoms with Gasteiger partial charge in [-0.1, -0.05) is 0 Å². The third-order valence-corrected chi connectivity index (χ3v) is 6.11. The van der Waals surface area contributed by atoms with Crippen LogP contribution in [0.1, 0.15) is 35.8 Å². The Morgan fingerprint density at radius 2 is 2.11 bits per heavy atom. The highest BCUT2D eigenvalue weighted by Gasteiger charge is 2.29. The molecule has 4 rings (SSSR count). The van der Waals surface area contributed by atoms with E-state index in [4.69, 9.17) is 9.47 Å². The van der Waals surface area contributed by atoms with Crippen molar-refractivity contribution in [1.82, 2.24) is 9.80 Å². The Morgan fingerprint density at radius 3 is 2.79 bits per heavy atom. The second kappa shape index (κ2) is 8.19. The lowest BCUT2D eigenvalue weighted by Crippen LogP contribution is -2.39. The Morgan fingerprint density at radius 1 is 1.32 bits per heavy atom. The molecule has 0 saturated carbocycles. The number of hydrogen-bond donors (Lipinski definition) is 0. The molecule has 1 fully saturated rings. The summed E-state index contributed by atoms with van der Waals surface area (Å²) in [4.78, 5) is 16.1. The molecule has 2 aromatic rings. The summed E-state index contributed by atoms with van der Waals surface area (Å²) in [6.45, 7) is 2.58. The highest BCUT2D eigenvalue weighted by atomic mass is 32.1. The van der Waals surface area contributed by atoms with Crippen LogP contribution in [0.2, 0.25) is 0 Å². The third kappa shape index (κ3) is 4.06. The van der Waals surface area contributed by atoms with Crippen LogP contribution in [0.5, 0.6) is 5.75 Å². The Kier molecular flexibility index (Phi) is 5.66. The molecule has 28 heavy (non-hydrogen) atoms. The Hall–Kier alpha value is -1.96. The van der Waals surface area contributed by atoms with Crippen LogP contribution >= 0.6 is 11.3 Å². The van der Waals surface area contributed by atoms with E-state index in [1.54, 1.807) is 36.4 Å². The van der Waals surface area contributed by atoms with Crippen LogP contribution in [0.3, 0.4) is 0 Å². The predicted octanol–water partition coefficient (Wildman–Crippen LogP) is 3.80. The van der Waals surface area contributed by atoms with Crippen LogP contribution in [-0.4, -0.2) is 42.9 Å². The fourth-order valence-electron chi connectivity index (χ4n) is 3.91. The van der Waals surface area contributed by atoms with Crippen LogP contribution in [0.25, 0.3) is 0 Å². The largest absolute Gasteiger partial charge is 0.460 e. The van der Waals surface area contributed by atoms with Crippen molar-refractivity contribution in [2.24, 2.45) is 5.92 Å². The summed E-state index contributed by atoms with van der Waals surface area (Å²) in [6, 6.07) is 5.03. The summed E-state index contributed by atoms with van der Waals surface area (Å²) in [6.07, 6.45) is 1.21. The maximum absolute atomic E-state index is 14.2. The number of ether oxygens (including phenoxy) is 2. The number of fused-ring (bicyclic) bond motifs is 1. The first kappa shape index (κ1) is 19.4. The summed E-state index contributed by atoms with van der Waals surface area (Å²) in [7, 11) is 3.61. The van der Waals surface area contributed by atoms with E-state index in [1.165, 1.54) is 6.07 Å². The molecule has 5 nitrogen and oxygen atoms in total. The molecule has 1 saturated heterocycles. The minimum atomic E-state index is -0.452. The van der Waals surface area contributed by atoms with Crippen molar-refractivity contribution < 1.29 is 18.7 Å². The van der Waals surface area contributed by atoms with E-state index in [0.29, 0.717) is 13.2 Å². The van der Waals surface area contributed by atoms with Gasteiger partial charge >= 0.3 is 0 Å². The van der Waals surface area contributed by atoms with E-state index in [1.807, 2.05) is 16.8 Å². The Labute approximate surface area is 168 Å². The molecule has 1 aromatic heterocycles. The smallest absolute Gasteiger partial charge is 0.227 e. The molecule has 0 radical (unpaired) electrons. The average Bonchev–Trinajstić information content (AvgIpc) is 3.22. The predicted molar refractivity (Wildman–Crippen MR) is 106 cm³/mol. The molecule has 1 aromatic carbocycles. The van der Waals surface area contributed by atoms with Crippen molar-refractivity contribution in [2.45, 2.75) is 32.3 Å². The van der Waals surface area contributed by atoms with Gasteiger partial charge in [-0.2, -0.15) is 11.3 Å². The van der Waals surface area contributed by atoms with Crippen LogP contribution in [0.15, 0.2) is 29.0 Å². The fourth-order valence-corrected chi connectivity index (χ4v) is 4.57. The minimum absolute atomic E-state index is 0.0836. The van der Waals surface area contributed by atoms with E-state index in [0.717, 1.165) is 48.4 Å². The molecule has 0 bridgehead atoms.